The van der Waals surface area contributed by atoms with Gasteiger partial charge in [-0.25, -0.2) is 0 Å². The summed E-state index contributed by atoms with van der Waals surface area (Å²) in [5.74, 6) is 0.00531. The van der Waals surface area contributed by atoms with Gasteiger partial charge < -0.3 is 5.73 Å². The van der Waals surface area contributed by atoms with Gasteiger partial charge in [0.25, 0.3) is 0 Å². The molecule has 0 aliphatic rings. The van der Waals surface area contributed by atoms with Gasteiger partial charge in [-0.3, -0.25) is 14.8 Å². The normalized spacial score (nSPS) is 10.0. The van der Waals surface area contributed by atoms with E-state index in [9.17, 15) is 4.79 Å². The molecule has 2 N–H and O–H groups in total. The smallest absolute Gasteiger partial charge is 0.193 e. The third-order valence-corrected chi connectivity index (χ3v) is 4.03. The number of pyridine rings is 2. The molecule has 0 amide bonds. The molecule has 26 heavy (non-hydrogen) atoms. The first kappa shape index (κ1) is 17.6. The minimum Gasteiger partial charge on any atom is -0.397 e. The maximum absolute atomic E-state index is 11.9. The zero-order valence-electron chi connectivity index (χ0n) is 13.9. The number of nitrogens with two attached hydrogens (primary N) is 1. The van der Waals surface area contributed by atoms with E-state index in [0.717, 1.165) is 21.5 Å². The molecule has 0 saturated heterocycles. The standard InChI is InChI=1S/C12H9NOS.C9H8N2/c14-12(10-5-7-13-8-6-10)9-1-3-11(15)4-2-9;10-8-5-1-3-7-4-2-6-11-9(7)8/h1-8,15H;1-6H,10H2. The lowest BCUT2D eigenvalue weighted by Gasteiger charge is -2.00. The largest absolute Gasteiger partial charge is 0.397 e. The molecule has 128 valence electrons. The number of rotatable bonds is 2. The summed E-state index contributed by atoms with van der Waals surface area (Å²) in [6, 6.07) is 20.2. The number of benzene rings is 2. The van der Waals surface area contributed by atoms with Crippen molar-refractivity contribution in [1.29, 1.82) is 0 Å². The average molecular weight is 359 g/mol. The number of thiol groups is 1. The summed E-state index contributed by atoms with van der Waals surface area (Å²) in [6.45, 7) is 0. The van der Waals surface area contributed by atoms with Crippen molar-refractivity contribution in [2.45, 2.75) is 4.90 Å². The lowest BCUT2D eigenvalue weighted by atomic mass is 10.1. The molecular formula is C21H17N3OS. The third kappa shape index (κ3) is 4.26. The van der Waals surface area contributed by atoms with Crippen molar-refractivity contribution in [2.75, 3.05) is 5.73 Å². The number of aromatic nitrogens is 2. The van der Waals surface area contributed by atoms with E-state index >= 15 is 0 Å². The average Bonchev–Trinajstić information content (AvgIpc) is 2.70. The second-order valence-corrected chi connectivity index (χ2v) is 6.05. The number of carbonyl (C=O) groups is 1. The van der Waals surface area contributed by atoms with Gasteiger partial charge in [0, 0.05) is 40.0 Å². The van der Waals surface area contributed by atoms with Crippen molar-refractivity contribution in [3.63, 3.8) is 0 Å². The highest BCUT2D eigenvalue weighted by Gasteiger charge is 2.07. The second-order valence-electron chi connectivity index (χ2n) is 5.53. The lowest BCUT2D eigenvalue weighted by Crippen LogP contribution is -2.00. The first-order valence-corrected chi connectivity index (χ1v) is 8.43. The molecule has 0 radical (unpaired) electrons. The molecule has 0 aliphatic heterocycles. The van der Waals surface area contributed by atoms with Crippen LogP contribution in [0.3, 0.4) is 0 Å². The van der Waals surface area contributed by atoms with Crippen LogP contribution >= 0.6 is 12.6 Å². The number of carbonyl (C=O) groups excluding carboxylic acids is 1. The SMILES string of the molecule is Nc1cccc2cccnc12.O=C(c1ccncc1)c1ccc(S)cc1. The topological polar surface area (TPSA) is 68.9 Å². The van der Waals surface area contributed by atoms with Gasteiger partial charge >= 0.3 is 0 Å². The van der Waals surface area contributed by atoms with Crippen LogP contribution in [0.4, 0.5) is 5.69 Å². The molecular weight excluding hydrogens is 342 g/mol. The van der Waals surface area contributed by atoms with Crippen molar-refractivity contribution in [1.82, 2.24) is 9.97 Å². The van der Waals surface area contributed by atoms with Gasteiger partial charge in [0.2, 0.25) is 0 Å². The Bertz CT molecular complexity index is 1010. The zero-order valence-corrected chi connectivity index (χ0v) is 14.8. The molecule has 0 aliphatic carbocycles. The van der Waals surface area contributed by atoms with E-state index in [1.165, 1.54) is 0 Å². The summed E-state index contributed by atoms with van der Waals surface area (Å²) >= 11 is 4.17. The van der Waals surface area contributed by atoms with Crippen molar-refractivity contribution >= 4 is 35.0 Å². The molecule has 2 aromatic heterocycles. The van der Waals surface area contributed by atoms with E-state index in [1.807, 2.05) is 30.3 Å². The predicted molar refractivity (Wildman–Crippen MR) is 108 cm³/mol. The Hall–Kier alpha value is -3.18. The highest BCUT2D eigenvalue weighted by atomic mass is 32.1. The number of nitrogen functional groups attached to an aromatic ring is 1. The number of hydrogen-bond acceptors (Lipinski definition) is 5. The number of anilines is 1. The molecule has 0 spiro atoms. The van der Waals surface area contributed by atoms with Crippen LogP contribution < -0.4 is 5.73 Å². The van der Waals surface area contributed by atoms with Crippen molar-refractivity contribution in [3.8, 4) is 0 Å². The Labute approximate surface area is 157 Å². The number of nitrogens with zero attached hydrogens (tertiary/aromatic N) is 2. The number of fused-ring (bicyclic) bond motifs is 1. The zero-order chi connectivity index (χ0) is 18.4. The van der Waals surface area contributed by atoms with E-state index in [4.69, 9.17) is 5.73 Å². The van der Waals surface area contributed by atoms with Gasteiger partial charge in [-0.15, -0.1) is 12.6 Å². The molecule has 2 aromatic carbocycles. The monoisotopic (exact) mass is 359 g/mol. The van der Waals surface area contributed by atoms with Crippen LogP contribution in [0.15, 0.2) is 90.2 Å². The summed E-state index contributed by atoms with van der Waals surface area (Å²) in [4.78, 5) is 20.8. The second kappa shape index (κ2) is 8.27. The van der Waals surface area contributed by atoms with Gasteiger partial charge in [0.05, 0.1) is 11.2 Å². The van der Waals surface area contributed by atoms with Crippen LogP contribution in [0.2, 0.25) is 0 Å². The maximum Gasteiger partial charge on any atom is 0.193 e. The van der Waals surface area contributed by atoms with Gasteiger partial charge in [0.15, 0.2) is 5.78 Å². The molecule has 2 heterocycles. The minimum atomic E-state index is 0.00531. The molecule has 0 saturated carbocycles. The quantitative estimate of drug-likeness (QED) is 0.316. The van der Waals surface area contributed by atoms with Crippen LogP contribution in [-0.4, -0.2) is 15.8 Å². The Morgan fingerprint density at radius 1 is 0.808 bits per heavy atom. The first-order valence-electron chi connectivity index (χ1n) is 7.98. The molecule has 0 bridgehead atoms. The lowest BCUT2D eigenvalue weighted by molar-refractivity contribution is 0.103. The van der Waals surface area contributed by atoms with E-state index in [2.05, 4.69) is 22.6 Å². The number of ketones is 1. The highest BCUT2D eigenvalue weighted by Crippen LogP contribution is 2.16. The summed E-state index contributed by atoms with van der Waals surface area (Å²) in [5.41, 5.74) is 8.63. The molecule has 4 rings (SSSR count). The molecule has 4 nitrogen and oxygen atoms in total. The molecule has 0 unspecified atom stereocenters. The number of hydrogen-bond donors (Lipinski definition) is 2. The molecule has 4 aromatic rings. The summed E-state index contributed by atoms with van der Waals surface area (Å²) < 4.78 is 0. The molecule has 0 atom stereocenters. The Morgan fingerprint density at radius 3 is 2.15 bits per heavy atom. The summed E-state index contributed by atoms with van der Waals surface area (Å²) in [6.07, 6.45) is 4.97. The van der Waals surface area contributed by atoms with Crippen LogP contribution in [0.1, 0.15) is 15.9 Å². The summed E-state index contributed by atoms with van der Waals surface area (Å²) in [5, 5.41) is 1.09. The Kier molecular flexibility index (Phi) is 5.61. The van der Waals surface area contributed by atoms with Crippen molar-refractivity contribution in [2.24, 2.45) is 0 Å². The van der Waals surface area contributed by atoms with Crippen molar-refractivity contribution in [3.05, 3.63) is 96.4 Å². The van der Waals surface area contributed by atoms with E-state index in [-0.39, 0.29) is 5.78 Å². The van der Waals surface area contributed by atoms with E-state index in [1.54, 1.807) is 55.0 Å². The minimum absolute atomic E-state index is 0.00531. The summed E-state index contributed by atoms with van der Waals surface area (Å²) in [7, 11) is 0. The first-order chi connectivity index (χ1) is 12.6. The predicted octanol–water partition coefficient (Wildman–Crippen LogP) is 4.42. The van der Waals surface area contributed by atoms with Gasteiger partial charge in [0.1, 0.15) is 0 Å². The van der Waals surface area contributed by atoms with Gasteiger partial charge in [-0.05, 0) is 48.5 Å². The Balaban J connectivity index is 0.000000158. The molecule has 5 heteroatoms. The van der Waals surface area contributed by atoms with Gasteiger partial charge in [-0.1, -0.05) is 18.2 Å². The van der Waals surface area contributed by atoms with Crippen LogP contribution in [0, 0.1) is 0 Å². The highest BCUT2D eigenvalue weighted by molar-refractivity contribution is 7.80. The maximum atomic E-state index is 11.9. The molecule has 0 fully saturated rings. The van der Waals surface area contributed by atoms with Crippen molar-refractivity contribution < 1.29 is 4.79 Å². The van der Waals surface area contributed by atoms with Gasteiger partial charge in [-0.2, -0.15) is 0 Å². The van der Waals surface area contributed by atoms with E-state index in [0.29, 0.717) is 11.1 Å². The fraction of sp³-hybridized carbons (Fsp3) is 0. The fourth-order valence-electron chi connectivity index (χ4n) is 2.41. The Morgan fingerprint density at radius 2 is 1.46 bits per heavy atom. The van der Waals surface area contributed by atoms with E-state index < -0.39 is 0 Å². The van der Waals surface area contributed by atoms with Crippen LogP contribution in [0.5, 0.6) is 0 Å². The fourth-order valence-corrected chi connectivity index (χ4v) is 2.56. The number of para-hydroxylation sites is 1. The third-order valence-electron chi connectivity index (χ3n) is 3.74. The van der Waals surface area contributed by atoms with Crippen LogP contribution in [-0.2, 0) is 0 Å². The van der Waals surface area contributed by atoms with Crippen LogP contribution in [0.25, 0.3) is 10.9 Å².